The van der Waals surface area contributed by atoms with Crippen LogP contribution in [0.25, 0.3) is 22.2 Å². The normalized spacial score (nSPS) is 15.0. The molecule has 1 aliphatic carbocycles. The number of carbonyl (C=O) groups excluding carboxylic acids is 1. The number of halogens is 1. The Bertz CT molecular complexity index is 1910. The number of nitrogens with one attached hydrogen (secondary N) is 2. The highest BCUT2D eigenvalue weighted by molar-refractivity contribution is 7.11. The van der Waals surface area contributed by atoms with E-state index in [1.165, 1.54) is 29.8 Å². The maximum Gasteiger partial charge on any atom is 0.279 e. The second kappa shape index (κ2) is 12.7. The number of likely N-dealkylation sites (tertiary alicyclic amines) is 1. The Morgan fingerprint density at radius 2 is 1.87 bits per heavy atom. The third kappa shape index (κ3) is 6.31. The summed E-state index contributed by atoms with van der Waals surface area (Å²) in [5, 5.41) is 9.60. The molecule has 2 aromatic carbocycles. The number of aromatic nitrogens is 5. The van der Waals surface area contributed by atoms with Crippen molar-refractivity contribution in [2.24, 2.45) is 0 Å². The lowest BCUT2D eigenvalue weighted by atomic mass is 10.0. The maximum absolute atomic E-state index is 15.4. The summed E-state index contributed by atoms with van der Waals surface area (Å²) >= 11 is 1.31. The molecule has 2 fully saturated rings. The van der Waals surface area contributed by atoms with Gasteiger partial charge in [-0.25, -0.2) is 29.3 Å². The lowest BCUT2D eigenvalue weighted by molar-refractivity contribution is -0.126. The molecule has 11 nitrogen and oxygen atoms in total. The van der Waals surface area contributed by atoms with Crippen LogP contribution in [0.4, 0.5) is 21.6 Å². The van der Waals surface area contributed by atoms with Crippen molar-refractivity contribution in [3.8, 4) is 28.0 Å². The van der Waals surface area contributed by atoms with Gasteiger partial charge in [-0.15, -0.1) is 0 Å². The van der Waals surface area contributed by atoms with Crippen molar-refractivity contribution in [1.82, 2.24) is 29.8 Å². The van der Waals surface area contributed by atoms with Gasteiger partial charge in [0.05, 0.1) is 29.7 Å². The van der Waals surface area contributed by atoms with Crippen LogP contribution in [0, 0.1) is 5.82 Å². The number of amides is 1. The van der Waals surface area contributed by atoms with Gasteiger partial charge in [0.2, 0.25) is 5.91 Å². The van der Waals surface area contributed by atoms with Crippen LogP contribution in [0.1, 0.15) is 37.4 Å². The molecule has 4 heterocycles. The predicted molar refractivity (Wildman–Crippen MR) is 174 cm³/mol. The van der Waals surface area contributed by atoms with E-state index in [-0.39, 0.29) is 17.6 Å². The van der Waals surface area contributed by atoms with Gasteiger partial charge < -0.3 is 25.0 Å². The fourth-order valence-corrected chi connectivity index (χ4v) is 6.10. The average Bonchev–Trinajstić information content (AvgIpc) is 3.84. The lowest BCUT2D eigenvalue weighted by Crippen LogP contribution is -2.41. The molecule has 1 saturated heterocycles. The number of hydrogen-bond donors (Lipinski definition) is 2. The first-order chi connectivity index (χ1) is 22.5. The highest BCUT2D eigenvalue weighted by Gasteiger charge is 2.26. The smallest absolute Gasteiger partial charge is 0.279 e. The zero-order valence-electron chi connectivity index (χ0n) is 25.1. The quantitative estimate of drug-likeness (QED) is 0.160. The molecule has 0 radical (unpaired) electrons. The summed E-state index contributed by atoms with van der Waals surface area (Å²) in [6, 6.07) is 8.43. The summed E-state index contributed by atoms with van der Waals surface area (Å²) < 4.78 is 26.9. The van der Waals surface area contributed by atoms with Crippen LogP contribution in [0.2, 0.25) is 0 Å². The maximum atomic E-state index is 15.4. The van der Waals surface area contributed by atoms with Gasteiger partial charge in [0.15, 0.2) is 0 Å². The zero-order chi connectivity index (χ0) is 31.6. The van der Waals surface area contributed by atoms with Crippen LogP contribution in [-0.4, -0.2) is 62.0 Å². The highest BCUT2D eigenvalue weighted by Crippen LogP contribution is 2.39. The van der Waals surface area contributed by atoms with E-state index >= 15 is 4.39 Å². The molecule has 7 rings (SSSR count). The first kappa shape index (κ1) is 29.5. The van der Waals surface area contributed by atoms with Crippen molar-refractivity contribution in [2.75, 3.05) is 30.8 Å². The fraction of sp³-hybridized carbons (Fsp3) is 0.273. The van der Waals surface area contributed by atoms with Crippen molar-refractivity contribution >= 4 is 45.3 Å². The van der Waals surface area contributed by atoms with E-state index in [0.29, 0.717) is 58.1 Å². The Kier molecular flexibility index (Phi) is 8.14. The number of benzene rings is 2. The molecule has 234 valence electrons. The molecule has 1 saturated carbocycles. The van der Waals surface area contributed by atoms with E-state index in [1.54, 1.807) is 36.5 Å². The predicted octanol–water partition coefficient (Wildman–Crippen LogP) is 6.69. The van der Waals surface area contributed by atoms with E-state index in [0.717, 1.165) is 42.8 Å². The summed E-state index contributed by atoms with van der Waals surface area (Å²) in [5.74, 6) is 2.17. The molecule has 46 heavy (non-hydrogen) atoms. The molecule has 5 aromatic rings. The third-order valence-electron chi connectivity index (χ3n) is 8.09. The number of thiazole rings is 1. The number of carbonyl (C=O) groups is 1. The molecule has 0 unspecified atom stereocenters. The summed E-state index contributed by atoms with van der Waals surface area (Å²) in [6.07, 6.45) is 10.2. The van der Waals surface area contributed by atoms with Gasteiger partial charge >= 0.3 is 0 Å². The second-order valence-electron chi connectivity index (χ2n) is 11.2. The van der Waals surface area contributed by atoms with E-state index < -0.39 is 5.82 Å². The minimum absolute atomic E-state index is 0.0563. The Labute approximate surface area is 268 Å². The van der Waals surface area contributed by atoms with Gasteiger partial charge in [-0.05, 0) is 50.0 Å². The lowest BCUT2D eigenvalue weighted by Gasteiger charge is -2.32. The number of ether oxygens (including phenoxy) is 2. The van der Waals surface area contributed by atoms with Crippen molar-refractivity contribution < 1.29 is 18.7 Å². The molecule has 0 spiro atoms. The van der Waals surface area contributed by atoms with Crippen LogP contribution in [0.15, 0.2) is 67.1 Å². The van der Waals surface area contributed by atoms with Crippen molar-refractivity contribution in [3.63, 3.8) is 0 Å². The minimum atomic E-state index is -0.516. The number of fused-ring (bicyclic) bond motifs is 1. The third-order valence-corrected chi connectivity index (χ3v) is 8.81. The van der Waals surface area contributed by atoms with Crippen LogP contribution in [0.5, 0.6) is 16.7 Å². The van der Waals surface area contributed by atoms with Gasteiger partial charge in [-0.1, -0.05) is 17.9 Å². The molecule has 13 heteroatoms. The molecule has 3 aromatic heterocycles. The average molecular weight is 639 g/mol. The SMILES string of the molecule is C=CC(=O)N1CCC(Nc2cc3c(Nc4ccc(Oc5nc(-c6cnc(C7CC7)nc6)cs5)cc4F)ncnc3cc2OC)CC1. The van der Waals surface area contributed by atoms with E-state index in [4.69, 9.17) is 9.47 Å². The van der Waals surface area contributed by atoms with E-state index in [9.17, 15) is 4.79 Å². The minimum Gasteiger partial charge on any atom is -0.495 e. The molecule has 2 aliphatic rings. The molecule has 1 amide bonds. The van der Waals surface area contributed by atoms with Gasteiger partial charge in [0.1, 0.15) is 35.3 Å². The Hall–Kier alpha value is -5.17. The monoisotopic (exact) mass is 638 g/mol. The number of piperidine rings is 1. The largest absolute Gasteiger partial charge is 0.495 e. The number of rotatable bonds is 10. The number of nitrogens with zero attached hydrogens (tertiary/aromatic N) is 6. The van der Waals surface area contributed by atoms with Crippen molar-refractivity contribution in [3.05, 3.63) is 78.7 Å². The topological polar surface area (TPSA) is 127 Å². The number of anilines is 3. The van der Waals surface area contributed by atoms with Crippen molar-refractivity contribution in [1.29, 1.82) is 0 Å². The zero-order valence-corrected chi connectivity index (χ0v) is 25.9. The van der Waals surface area contributed by atoms with Crippen molar-refractivity contribution in [2.45, 2.75) is 37.6 Å². The van der Waals surface area contributed by atoms with Crippen LogP contribution >= 0.6 is 11.3 Å². The van der Waals surface area contributed by atoms with Gasteiger partial charge in [-0.2, -0.15) is 0 Å². The van der Waals surface area contributed by atoms with Crippen LogP contribution in [0.3, 0.4) is 0 Å². The van der Waals surface area contributed by atoms with Crippen LogP contribution < -0.4 is 20.1 Å². The van der Waals surface area contributed by atoms with Gasteiger partial charge in [0.25, 0.3) is 5.19 Å². The fourth-order valence-electron chi connectivity index (χ4n) is 5.41. The molecular formula is C33H31FN8O3S. The summed E-state index contributed by atoms with van der Waals surface area (Å²) in [5.41, 5.74) is 3.14. The molecular weight excluding hydrogens is 607 g/mol. The first-order valence-electron chi connectivity index (χ1n) is 15.0. The summed E-state index contributed by atoms with van der Waals surface area (Å²) in [7, 11) is 1.60. The first-order valence-corrected chi connectivity index (χ1v) is 15.9. The highest BCUT2D eigenvalue weighted by atomic mass is 32.1. The Morgan fingerprint density at radius 3 is 2.59 bits per heavy atom. The molecule has 0 atom stereocenters. The van der Waals surface area contributed by atoms with E-state index in [2.05, 4.69) is 42.1 Å². The Morgan fingerprint density at radius 1 is 1.07 bits per heavy atom. The van der Waals surface area contributed by atoms with Crippen LogP contribution in [-0.2, 0) is 4.79 Å². The van der Waals surface area contributed by atoms with Gasteiger partial charge in [0, 0.05) is 65.9 Å². The van der Waals surface area contributed by atoms with Gasteiger partial charge in [-0.3, -0.25) is 4.79 Å². The summed E-state index contributed by atoms with van der Waals surface area (Å²) in [6.45, 7) is 4.86. The van der Waals surface area contributed by atoms with E-state index in [1.807, 2.05) is 17.5 Å². The second-order valence-corrected chi connectivity index (χ2v) is 12.0. The number of methoxy groups -OCH3 is 1. The Balaban J connectivity index is 1.05. The number of hydrogen-bond acceptors (Lipinski definition) is 11. The molecule has 1 aliphatic heterocycles. The standard InChI is InChI=1S/C33H31FN8O3S/c1-3-30(43)42-10-8-21(9-11-42)39-27-13-23-26(14-29(27)44-2)37-18-38-32(23)40-25-7-6-22(12-24(25)34)45-33-41-28(17-46-33)20-15-35-31(36-16-20)19-4-5-19/h3,6-7,12-19,21,39H,1,4-5,8-11H2,2H3,(H,37,38,40). The summed E-state index contributed by atoms with van der Waals surface area (Å²) in [4.78, 5) is 36.0. The molecule has 2 N–H and O–H groups in total. The molecule has 0 bridgehead atoms.